The number of hydrogen-bond acceptors (Lipinski definition) is 5. The minimum Gasteiger partial charge on any atom is -0.492 e. The van der Waals surface area contributed by atoms with E-state index in [1.807, 2.05) is 0 Å². The fourth-order valence-corrected chi connectivity index (χ4v) is 1.26. The van der Waals surface area contributed by atoms with E-state index in [-0.39, 0.29) is 23.6 Å². The highest BCUT2D eigenvalue weighted by Gasteiger charge is 2.28. The first-order valence-corrected chi connectivity index (χ1v) is 5.52. The van der Waals surface area contributed by atoms with Crippen LogP contribution in [0, 0.1) is 15.5 Å². The lowest BCUT2D eigenvalue weighted by molar-refractivity contribution is -0.385. The number of nitro benzene ring substituents is 1. The molecule has 0 radical (unpaired) electrons. The number of carboxylic acids is 1. The van der Waals surface area contributed by atoms with Gasteiger partial charge in [-0.15, -0.1) is 0 Å². The summed E-state index contributed by atoms with van der Waals surface area (Å²) in [5, 5.41) is 28.7. The molecule has 0 aromatic heterocycles. The zero-order valence-corrected chi connectivity index (χ0v) is 10.6. The summed E-state index contributed by atoms with van der Waals surface area (Å²) in [7, 11) is 0. The summed E-state index contributed by atoms with van der Waals surface area (Å²) < 4.78 is 5.33. The van der Waals surface area contributed by atoms with Crippen LogP contribution in [0.1, 0.15) is 19.4 Å². The first kappa shape index (κ1) is 14.9. The Hall–Kier alpha value is -2.15. The van der Waals surface area contributed by atoms with E-state index in [0.717, 1.165) is 0 Å². The fraction of sp³-hybridized carbons (Fsp3) is 0.417. The summed E-state index contributed by atoms with van der Waals surface area (Å²) in [5.74, 6) is -0.776. The molecule has 0 atom stereocenters. The predicted molar refractivity (Wildman–Crippen MR) is 65.9 cm³/mol. The maximum absolute atomic E-state index is 10.9. The smallest absolute Gasteiger partial charge is 0.312 e. The number of rotatable bonds is 6. The minimum absolute atomic E-state index is 0.104. The largest absolute Gasteiger partial charge is 0.492 e. The topological polar surface area (TPSA) is 110 Å². The predicted octanol–water partition coefficient (Wildman–Crippen LogP) is 1.58. The average molecular weight is 269 g/mol. The van der Waals surface area contributed by atoms with Crippen molar-refractivity contribution in [3.8, 4) is 5.75 Å². The molecule has 1 rings (SSSR count). The third-order valence-corrected chi connectivity index (χ3v) is 2.59. The van der Waals surface area contributed by atoms with Gasteiger partial charge < -0.3 is 14.9 Å². The van der Waals surface area contributed by atoms with Crippen LogP contribution < -0.4 is 4.74 Å². The first-order valence-electron chi connectivity index (χ1n) is 5.52. The Morgan fingerprint density at radius 2 is 2.11 bits per heavy atom. The van der Waals surface area contributed by atoms with Crippen molar-refractivity contribution in [2.75, 3.05) is 6.61 Å². The molecule has 1 aromatic carbocycles. The molecule has 2 N–H and O–H groups in total. The van der Waals surface area contributed by atoms with Gasteiger partial charge in [-0.3, -0.25) is 14.9 Å². The van der Waals surface area contributed by atoms with Gasteiger partial charge >= 0.3 is 5.97 Å². The maximum atomic E-state index is 10.9. The Bertz CT molecular complexity index is 497. The van der Waals surface area contributed by atoms with E-state index >= 15 is 0 Å². The van der Waals surface area contributed by atoms with Gasteiger partial charge in [-0.25, -0.2) is 0 Å². The molecule has 0 unspecified atom stereocenters. The lowest BCUT2D eigenvalue weighted by Crippen LogP contribution is -2.30. The molecule has 104 valence electrons. The van der Waals surface area contributed by atoms with Gasteiger partial charge in [-0.2, -0.15) is 0 Å². The lowest BCUT2D eigenvalue weighted by Gasteiger charge is -2.20. The number of carbonyl (C=O) groups is 1. The van der Waals surface area contributed by atoms with Crippen molar-refractivity contribution < 1.29 is 24.7 Å². The number of ether oxygens (including phenoxy) is 1. The van der Waals surface area contributed by atoms with Crippen LogP contribution in [0.3, 0.4) is 0 Å². The molecule has 1 aromatic rings. The second-order valence-electron chi connectivity index (χ2n) is 4.68. The van der Waals surface area contributed by atoms with Crippen molar-refractivity contribution in [1.29, 1.82) is 0 Å². The number of nitro groups is 1. The second-order valence-corrected chi connectivity index (χ2v) is 4.68. The van der Waals surface area contributed by atoms with E-state index in [4.69, 9.17) is 14.9 Å². The highest BCUT2D eigenvalue weighted by Crippen LogP contribution is 2.26. The van der Waals surface area contributed by atoms with Crippen LogP contribution in [0.5, 0.6) is 5.75 Å². The van der Waals surface area contributed by atoms with E-state index in [9.17, 15) is 14.9 Å². The van der Waals surface area contributed by atoms with Gasteiger partial charge in [0, 0.05) is 17.7 Å². The Balaban J connectivity index is 2.90. The SMILES string of the molecule is CC(C)(COc1ccc([N+](=O)[O-])cc1CO)C(=O)O. The Kier molecular flexibility index (Phi) is 4.44. The third kappa shape index (κ3) is 3.65. The molecule has 0 fully saturated rings. The number of non-ortho nitro benzene ring substituents is 1. The molecule has 7 nitrogen and oxygen atoms in total. The number of carboxylic acid groups (broad SMARTS) is 1. The standard InChI is InChI=1S/C12H15NO6/c1-12(2,11(15)16)7-19-10-4-3-9(13(17)18)5-8(10)6-14/h3-5,14H,6-7H2,1-2H3,(H,15,16). The molecule has 0 spiro atoms. The number of nitrogens with zero attached hydrogens (tertiary/aromatic N) is 1. The first-order chi connectivity index (χ1) is 8.77. The van der Waals surface area contributed by atoms with Gasteiger partial charge in [0.25, 0.3) is 5.69 Å². The summed E-state index contributed by atoms with van der Waals surface area (Å²) >= 11 is 0. The van der Waals surface area contributed by atoms with Crippen LogP contribution in [-0.2, 0) is 11.4 Å². The molecule has 0 aliphatic heterocycles. The van der Waals surface area contributed by atoms with Gasteiger partial charge in [-0.1, -0.05) is 0 Å². The fourth-order valence-electron chi connectivity index (χ4n) is 1.26. The maximum Gasteiger partial charge on any atom is 0.312 e. The normalized spacial score (nSPS) is 11.1. The number of aliphatic hydroxyl groups is 1. The van der Waals surface area contributed by atoms with E-state index in [2.05, 4.69) is 0 Å². The number of aliphatic carboxylic acids is 1. The molecule has 0 aliphatic carbocycles. The van der Waals surface area contributed by atoms with Crippen LogP contribution in [0.25, 0.3) is 0 Å². The van der Waals surface area contributed by atoms with Crippen molar-refractivity contribution in [1.82, 2.24) is 0 Å². The van der Waals surface area contributed by atoms with E-state index in [0.29, 0.717) is 0 Å². The molecule has 0 saturated heterocycles. The van der Waals surface area contributed by atoms with Gasteiger partial charge in [0.1, 0.15) is 12.4 Å². The summed E-state index contributed by atoms with van der Waals surface area (Å²) in [6, 6.07) is 3.78. The Labute approximate surface area is 109 Å². The number of aliphatic hydroxyl groups excluding tert-OH is 1. The van der Waals surface area contributed by atoms with Crippen molar-refractivity contribution in [3.63, 3.8) is 0 Å². The highest BCUT2D eigenvalue weighted by molar-refractivity contribution is 5.73. The lowest BCUT2D eigenvalue weighted by atomic mass is 9.95. The third-order valence-electron chi connectivity index (χ3n) is 2.59. The van der Waals surface area contributed by atoms with E-state index in [1.54, 1.807) is 0 Å². The molecular weight excluding hydrogens is 254 g/mol. The van der Waals surface area contributed by atoms with Crippen molar-refractivity contribution in [2.24, 2.45) is 5.41 Å². The zero-order valence-electron chi connectivity index (χ0n) is 10.6. The average Bonchev–Trinajstić information content (AvgIpc) is 2.35. The summed E-state index contributed by atoms with van der Waals surface area (Å²) in [6.45, 7) is 2.47. The molecule has 19 heavy (non-hydrogen) atoms. The van der Waals surface area contributed by atoms with Crippen LogP contribution in [-0.4, -0.2) is 27.7 Å². The molecule has 0 heterocycles. The second kappa shape index (κ2) is 5.66. The van der Waals surface area contributed by atoms with Gasteiger partial charge in [0.05, 0.1) is 16.9 Å². The van der Waals surface area contributed by atoms with Crippen LogP contribution >= 0.6 is 0 Å². The molecule has 0 bridgehead atoms. The quantitative estimate of drug-likeness (QED) is 0.599. The number of hydrogen-bond donors (Lipinski definition) is 2. The molecular formula is C12H15NO6. The van der Waals surface area contributed by atoms with Gasteiger partial charge in [0.15, 0.2) is 0 Å². The molecule has 0 aliphatic rings. The van der Waals surface area contributed by atoms with Crippen LogP contribution in [0.2, 0.25) is 0 Å². The van der Waals surface area contributed by atoms with Crippen LogP contribution in [0.4, 0.5) is 5.69 Å². The van der Waals surface area contributed by atoms with E-state index in [1.165, 1.54) is 32.0 Å². The van der Waals surface area contributed by atoms with Crippen molar-refractivity contribution >= 4 is 11.7 Å². The zero-order chi connectivity index (χ0) is 14.6. The minimum atomic E-state index is -1.09. The van der Waals surface area contributed by atoms with Crippen molar-refractivity contribution in [3.05, 3.63) is 33.9 Å². The van der Waals surface area contributed by atoms with Crippen LogP contribution in [0.15, 0.2) is 18.2 Å². The Morgan fingerprint density at radius 3 is 2.58 bits per heavy atom. The highest BCUT2D eigenvalue weighted by atomic mass is 16.6. The van der Waals surface area contributed by atoms with Crippen molar-refractivity contribution in [2.45, 2.75) is 20.5 Å². The number of benzene rings is 1. The summed E-state index contributed by atoms with van der Waals surface area (Å²) in [5.41, 5.74) is -1.00. The molecule has 7 heteroatoms. The Morgan fingerprint density at radius 1 is 1.47 bits per heavy atom. The summed E-state index contributed by atoms with van der Waals surface area (Å²) in [4.78, 5) is 20.9. The molecule has 0 amide bonds. The molecule has 0 saturated carbocycles. The van der Waals surface area contributed by atoms with E-state index < -0.39 is 22.9 Å². The van der Waals surface area contributed by atoms with Gasteiger partial charge in [-0.05, 0) is 19.9 Å². The van der Waals surface area contributed by atoms with Gasteiger partial charge in [0.2, 0.25) is 0 Å². The summed E-state index contributed by atoms with van der Waals surface area (Å²) in [6.07, 6.45) is 0. The monoisotopic (exact) mass is 269 g/mol.